The molecule has 4 aromatic rings. The molecule has 0 aliphatic heterocycles. The van der Waals surface area contributed by atoms with E-state index in [9.17, 15) is 4.79 Å². The monoisotopic (exact) mass is 451 g/mol. The summed E-state index contributed by atoms with van der Waals surface area (Å²) in [6.45, 7) is 3.90. The smallest absolute Gasteiger partial charge is 0.265 e. The maximum atomic E-state index is 13.4. The van der Waals surface area contributed by atoms with Gasteiger partial charge in [-0.2, -0.15) is 4.98 Å². The van der Waals surface area contributed by atoms with Crippen LogP contribution in [-0.2, 0) is 6.42 Å². The first-order valence-electron chi connectivity index (χ1n) is 10.5. The van der Waals surface area contributed by atoms with Gasteiger partial charge in [-0.05, 0) is 37.3 Å². The van der Waals surface area contributed by atoms with Crippen molar-refractivity contribution >= 4 is 34.0 Å². The third-order valence-corrected chi connectivity index (χ3v) is 5.96. The molecular formula is C22H22ClN7O2. The molecule has 3 N–H and O–H groups in total. The number of nitrogens with one attached hydrogen (secondary N) is 1. The second-order valence-electron chi connectivity index (χ2n) is 7.90. The van der Waals surface area contributed by atoms with Crippen LogP contribution in [0, 0.1) is 0 Å². The van der Waals surface area contributed by atoms with Crippen molar-refractivity contribution in [2.75, 3.05) is 11.1 Å². The maximum absolute atomic E-state index is 13.4. The number of pyridine rings is 1. The van der Waals surface area contributed by atoms with Crippen molar-refractivity contribution < 1.29 is 4.52 Å². The number of halogens is 1. The van der Waals surface area contributed by atoms with Gasteiger partial charge in [-0.1, -0.05) is 35.8 Å². The first kappa shape index (κ1) is 20.4. The van der Waals surface area contributed by atoms with Gasteiger partial charge in [0.1, 0.15) is 23.5 Å². The van der Waals surface area contributed by atoms with E-state index >= 15 is 0 Å². The van der Waals surface area contributed by atoms with Gasteiger partial charge in [0.15, 0.2) is 5.82 Å². The van der Waals surface area contributed by atoms with Gasteiger partial charge in [0.25, 0.3) is 11.4 Å². The summed E-state index contributed by atoms with van der Waals surface area (Å²) >= 11 is 6.36. The molecule has 3 heterocycles. The quantitative estimate of drug-likeness (QED) is 0.448. The molecule has 0 amide bonds. The number of fused-ring (bicyclic) bond motifs is 1. The molecule has 0 saturated heterocycles. The van der Waals surface area contributed by atoms with Crippen LogP contribution in [0.4, 0.5) is 11.6 Å². The van der Waals surface area contributed by atoms with Crippen molar-refractivity contribution in [3.05, 3.63) is 57.5 Å². The molecule has 1 atom stereocenters. The summed E-state index contributed by atoms with van der Waals surface area (Å²) in [5.74, 6) is 1.50. The zero-order valence-electron chi connectivity index (χ0n) is 17.7. The molecule has 0 radical (unpaired) electrons. The largest absolute Gasteiger partial charge is 0.383 e. The number of rotatable bonds is 6. The molecule has 1 aromatic carbocycles. The van der Waals surface area contributed by atoms with Gasteiger partial charge in [-0.25, -0.2) is 9.97 Å². The molecule has 9 nitrogen and oxygen atoms in total. The van der Waals surface area contributed by atoms with Crippen LogP contribution in [-0.4, -0.2) is 24.7 Å². The van der Waals surface area contributed by atoms with E-state index in [1.165, 1.54) is 6.33 Å². The second-order valence-corrected chi connectivity index (χ2v) is 8.30. The third-order valence-electron chi connectivity index (χ3n) is 5.64. The average Bonchev–Trinajstić information content (AvgIpc) is 3.50. The van der Waals surface area contributed by atoms with E-state index in [1.54, 1.807) is 6.07 Å². The van der Waals surface area contributed by atoms with Crippen LogP contribution in [0.5, 0.6) is 0 Å². The van der Waals surface area contributed by atoms with Gasteiger partial charge in [-0.3, -0.25) is 4.79 Å². The van der Waals surface area contributed by atoms with E-state index in [0.717, 1.165) is 23.9 Å². The second kappa shape index (κ2) is 7.90. The number of anilines is 2. The van der Waals surface area contributed by atoms with Gasteiger partial charge in [0, 0.05) is 18.2 Å². The summed E-state index contributed by atoms with van der Waals surface area (Å²) in [7, 11) is 0. The molecule has 10 heteroatoms. The Morgan fingerprint density at radius 2 is 2.16 bits per heavy atom. The Hall–Kier alpha value is -3.46. The van der Waals surface area contributed by atoms with Crippen LogP contribution in [0.15, 0.2) is 39.9 Å². The normalized spacial score (nSPS) is 14.6. The van der Waals surface area contributed by atoms with Crippen LogP contribution in [0.1, 0.15) is 50.3 Å². The number of aromatic nitrogens is 5. The fourth-order valence-corrected chi connectivity index (χ4v) is 4.16. The molecule has 1 aliphatic carbocycles. The van der Waals surface area contributed by atoms with Gasteiger partial charge >= 0.3 is 0 Å². The SMILES string of the molecule is CCc1noc(-c2c(N)ncnc2N[C@@H](C)c2cc3cccc(Cl)c3c(=O)n2C2CC2)n1. The fourth-order valence-electron chi connectivity index (χ4n) is 3.89. The number of hydrogen-bond acceptors (Lipinski definition) is 8. The van der Waals surface area contributed by atoms with E-state index in [4.69, 9.17) is 21.9 Å². The van der Waals surface area contributed by atoms with Crippen LogP contribution >= 0.6 is 11.6 Å². The number of nitrogen functional groups attached to an aromatic ring is 1. The molecule has 0 bridgehead atoms. The van der Waals surface area contributed by atoms with Crippen LogP contribution < -0.4 is 16.6 Å². The number of aryl methyl sites for hydroxylation is 1. The number of nitrogens with zero attached hydrogens (tertiary/aromatic N) is 5. The van der Waals surface area contributed by atoms with E-state index in [2.05, 4.69) is 25.4 Å². The summed E-state index contributed by atoms with van der Waals surface area (Å²) in [4.78, 5) is 26.2. The van der Waals surface area contributed by atoms with Crippen LogP contribution in [0.3, 0.4) is 0 Å². The summed E-state index contributed by atoms with van der Waals surface area (Å²) in [5.41, 5.74) is 7.34. The number of hydrogen-bond donors (Lipinski definition) is 2. The third kappa shape index (κ3) is 3.48. The zero-order chi connectivity index (χ0) is 22.4. The topological polar surface area (TPSA) is 125 Å². The number of nitrogens with two attached hydrogens (primary N) is 1. The average molecular weight is 452 g/mol. The molecule has 5 rings (SSSR count). The lowest BCUT2D eigenvalue weighted by Gasteiger charge is -2.22. The van der Waals surface area contributed by atoms with Crippen molar-refractivity contribution in [3.8, 4) is 11.5 Å². The first-order chi connectivity index (χ1) is 15.5. The van der Waals surface area contributed by atoms with E-state index in [1.807, 2.05) is 36.6 Å². The predicted molar refractivity (Wildman–Crippen MR) is 123 cm³/mol. The minimum Gasteiger partial charge on any atom is -0.383 e. The Labute approximate surface area is 188 Å². The molecule has 0 unspecified atom stereocenters. The van der Waals surface area contributed by atoms with Gasteiger partial charge in [-0.15, -0.1) is 0 Å². The number of benzene rings is 1. The van der Waals surface area contributed by atoms with Crippen LogP contribution in [0.25, 0.3) is 22.2 Å². The van der Waals surface area contributed by atoms with Gasteiger partial charge < -0.3 is 20.1 Å². The summed E-state index contributed by atoms with van der Waals surface area (Å²) in [6, 6.07) is 7.39. The Morgan fingerprint density at radius 1 is 1.34 bits per heavy atom. The van der Waals surface area contributed by atoms with Crippen molar-refractivity contribution in [1.82, 2.24) is 24.7 Å². The Kier molecular flexibility index (Phi) is 5.05. The highest BCUT2D eigenvalue weighted by atomic mass is 35.5. The maximum Gasteiger partial charge on any atom is 0.265 e. The van der Waals surface area contributed by atoms with Crippen LogP contribution in [0.2, 0.25) is 5.02 Å². The molecule has 1 fully saturated rings. The summed E-state index contributed by atoms with van der Waals surface area (Å²) in [6.07, 6.45) is 3.93. The highest BCUT2D eigenvalue weighted by Gasteiger charge is 2.30. The molecular weight excluding hydrogens is 430 g/mol. The van der Waals surface area contributed by atoms with Gasteiger partial charge in [0.2, 0.25) is 0 Å². The Bertz CT molecular complexity index is 1380. The fraction of sp³-hybridized carbons (Fsp3) is 0.318. The van der Waals surface area contributed by atoms with E-state index < -0.39 is 0 Å². The minimum atomic E-state index is -0.270. The van der Waals surface area contributed by atoms with E-state index in [0.29, 0.717) is 34.0 Å². The molecule has 1 aliphatic rings. The lowest BCUT2D eigenvalue weighted by atomic mass is 10.1. The van der Waals surface area contributed by atoms with Gasteiger partial charge in [0.05, 0.1) is 16.5 Å². The molecule has 1 saturated carbocycles. The highest BCUT2D eigenvalue weighted by molar-refractivity contribution is 6.35. The summed E-state index contributed by atoms with van der Waals surface area (Å²) < 4.78 is 7.23. The van der Waals surface area contributed by atoms with Crippen molar-refractivity contribution in [3.63, 3.8) is 0 Å². The molecule has 32 heavy (non-hydrogen) atoms. The highest BCUT2D eigenvalue weighted by Crippen LogP contribution is 2.38. The molecule has 3 aromatic heterocycles. The standard InChI is InChI=1S/C22H22ClN7O2/c1-3-16-28-21(32-29-16)18-19(24)25-10-26-20(18)27-11(2)15-9-12-5-4-6-14(23)17(12)22(31)30(15)13-7-8-13/h4-6,9-11,13H,3,7-8H2,1-2H3,(H3,24,25,26,27)/t11-/m0/s1. The lowest BCUT2D eigenvalue weighted by Crippen LogP contribution is -2.26. The van der Waals surface area contributed by atoms with Crippen molar-refractivity contribution in [1.29, 1.82) is 0 Å². The summed E-state index contributed by atoms with van der Waals surface area (Å²) in [5, 5.41) is 9.12. The van der Waals surface area contributed by atoms with Crippen molar-refractivity contribution in [2.45, 2.75) is 45.2 Å². The predicted octanol–water partition coefficient (Wildman–Crippen LogP) is 4.15. The zero-order valence-corrected chi connectivity index (χ0v) is 18.4. The Balaban J connectivity index is 1.60. The molecule has 164 valence electrons. The molecule has 0 spiro atoms. The first-order valence-corrected chi connectivity index (χ1v) is 10.9. The Morgan fingerprint density at radius 3 is 2.88 bits per heavy atom. The minimum absolute atomic E-state index is 0.0776. The van der Waals surface area contributed by atoms with E-state index in [-0.39, 0.29) is 29.4 Å². The van der Waals surface area contributed by atoms with Crippen molar-refractivity contribution in [2.24, 2.45) is 0 Å². The lowest BCUT2D eigenvalue weighted by molar-refractivity contribution is 0.423.